The minimum Gasteiger partial charge on any atom is -0.346 e. The Bertz CT molecular complexity index is 1630. The zero-order valence-electron chi connectivity index (χ0n) is 23.2. The highest BCUT2D eigenvalue weighted by molar-refractivity contribution is 5.98. The molecule has 4 aromatic carbocycles. The third-order valence-corrected chi connectivity index (χ3v) is 7.02. The average molecular weight is 532 g/mol. The van der Waals surface area contributed by atoms with Crippen molar-refractivity contribution in [1.82, 2.24) is 15.1 Å². The fourth-order valence-corrected chi connectivity index (χ4v) is 4.76. The summed E-state index contributed by atoms with van der Waals surface area (Å²) in [6, 6.07) is 33.2. The highest BCUT2D eigenvalue weighted by Crippen LogP contribution is 2.24. The van der Waals surface area contributed by atoms with Gasteiger partial charge in [0.25, 0.3) is 5.91 Å². The van der Waals surface area contributed by atoms with Crippen LogP contribution in [0.3, 0.4) is 0 Å². The van der Waals surface area contributed by atoms with Gasteiger partial charge in [-0.25, -0.2) is 0 Å². The molecule has 0 saturated carbocycles. The van der Waals surface area contributed by atoms with Gasteiger partial charge >= 0.3 is 6.15 Å². The molecular weight excluding hydrogens is 498 g/mol. The Morgan fingerprint density at radius 1 is 0.825 bits per heavy atom. The van der Waals surface area contributed by atoms with Crippen LogP contribution in [0.25, 0.3) is 22.0 Å². The summed E-state index contributed by atoms with van der Waals surface area (Å²) in [5.41, 5.74) is 8.58. The summed E-state index contributed by atoms with van der Waals surface area (Å²) < 4.78 is 2.02. The Hall–Kier alpha value is -4.80. The van der Waals surface area contributed by atoms with Gasteiger partial charge in [0.05, 0.1) is 23.8 Å². The van der Waals surface area contributed by atoms with Crippen molar-refractivity contribution in [2.45, 2.75) is 46.2 Å². The van der Waals surface area contributed by atoms with E-state index in [1.165, 1.54) is 22.3 Å². The number of benzene rings is 4. The second-order valence-electron chi connectivity index (χ2n) is 10.1. The van der Waals surface area contributed by atoms with Crippen LogP contribution in [0.5, 0.6) is 0 Å². The Labute approximate surface area is 234 Å². The third-order valence-electron chi connectivity index (χ3n) is 7.02. The molecule has 1 aromatic heterocycles. The molecule has 5 rings (SSSR count). The number of aryl methyl sites for hydroxylation is 1. The predicted octanol–water partition coefficient (Wildman–Crippen LogP) is 7.09. The molecule has 40 heavy (non-hydrogen) atoms. The Morgan fingerprint density at radius 2 is 1.48 bits per heavy atom. The zero-order valence-corrected chi connectivity index (χ0v) is 23.2. The van der Waals surface area contributed by atoms with Crippen molar-refractivity contribution >= 4 is 23.0 Å². The average Bonchev–Trinajstić information content (AvgIpc) is 3.28. The van der Waals surface area contributed by atoms with E-state index in [0.29, 0.717) is 18.0 Å². The normalized spacial score (nSPS) is 11.4. The molecule has 6 nitrogen and oxygen atoms in total. The SMILES string of the molecule is Cc1nn(Cc2ccc(-c3ccccc3)cc2)c2ccc(C(=O)N[C@@H](C)c3cccc(C(C)C)c3)cc12.O=C=O. The summed E-state index contributed by atoms with van der Waals surface area (Å²) in [5.74, 6) is 0.375. The van der Waals surface area contributed by atoms with E-state index in [1.54, 1.807) is 0 Å². The number of carbonyl (C=O) groups excluding carboxylic acids is 3. The molecule has 0 saturated heterocycles. The van der Waals surface area contributed by atoms with Crippen molar-refractivity contribution < 1.29 is 14.4 Å². The number of hydrogen-bond donors (Lipinski definition) is 1. The molecular formula is C34H33N3O3. The molecule has 0 aliphatic heterocycles. The van der Waals surface area contributed by atoms with Crippen LogP contribution in [0.15, 0.2) is 97.1 Å². The summed E-state index contributed by atoms with van der Waals surface area (Å²) in [5, 5.41) is 8.95. The topological polar surface area (TPSA) is 81.1 Å². The molecule has 1 N–H and O–H groups in total. The van der Waals surface area contributed by atoms with E-state index in [9.17, 15) is 4.79 Å². The number of amides is 1. The lowest BCUT2D eigenvalue weighted by Gasteiger charge is -2.16. The molecule has 0 radical (unpaired) electrons. The molecule has 1 heterocycles. The largest absolute Gasteiger partial charge is 0.373 e. The van der Waals surface area contributed by atoms with Crippen LogP contribution < -0.4 is 5.32 Å². The van der Waals surface area contributed by atoms with Gasteiger partial charge in [-0.1, -0.05) is 92.7 Å². The lowest BCUT2D eigenvalue weighted by Crippen LogP contribution is -2.26. The van der Waals surface area contributed by atoms with Gasteiger partial charge in [0.15, 0.2) is 0 Å². The van der Waals surface area contributed by atoms with Gasteiger partial charge in [-0.3, -0.25) is 9.48 Å². The van der Waals surface area contributed by atoms with E-state index >= 15 is 0 Å². The lowest BCUT2D eigenvalue weighted by atomic mass is 9.98. The van der Waals surface area contributed by atoms with Crippen LogP contribution in [-0.2, 0) is 16.1 Å². The first-order valence-corrected chi connectivity index (χ1v) is 13.3. The molecule has 0 unspecified atom stereocenters. The molecule has 202 valence electrons. The second kappa shape index (κ2) is 12.8. The lowest BCUT2D eigenvalue weighted by molar-refractivity contribution is -0.191. The van der Waals surface area contributed by atoms with Crippen molar-refractivity contribution in [3.63, 3.8) is 0 Å². The van der Waals surface area contributed by atoms with Crippen LogP contribution in [0.4, 0.5) is 0 Å². The molecule has 0 fully saturated rings. The maximum Gasteiger partial charge on any atom is 0.373 e. The van der Waals surface area contributed by atoms with Gasteiger partial charge in [-0.2, -0.15) is 14.7 Å². The number of hydrogen-bond acceptors (Lipinski definition) is 4. The number of rotatable bonds is 7. The summed E-state index contributed by atoms with van der Waals surface area (Å²) in [6.07, 6.45) is 0.250. The number of nitrogens with zero attached hydrogens (tertiary/aromatic N) is 2. The van der Waals surface area contributed by atoms with Crippen molar-refractivity contribution in [2.24, 2.45) is 0 Å². The van der Waals surface area contributed by atoms with E-state index in [2.05, 4.69) is 92.0 Å². The molecule has 0 aliphatic rings. The van der Waals surface area contributed by atoms with E-state index in [1.807, 2.05) is 42.8 Å². The Morgan fingerprint density at radius 3 is 2.15 bits per heavy atom. The Kier molecular flexibility index (Phi) is 9.05. The quantitative estimate of drug-likeness (QED) is 0.243. The number of carbonyl (C=O) groups is 1. The summed E-state index contributed by atoms with van der Waals surface area (Å²) in [4.78, 5) is 29.4. The van der Waals surface area contributed by atoms with E-state index in [4.69, 9.17) is 14.7 Å². The van der Waals surface area contributed by atoms with Gasteiger partial charge in [-0.05, 0) is 65.8 Å². The minimum absolute atomic E-state index is 0.0759. The smallest absolute Gasteiger partial charge is 0.346 e. The van der Waals surface area contributed by atoms with E-state index < -0.39 is 0 Å². The van der Waals surface area contributed by atoms with E-state index in [-0.39, 0.29) is 18.1 Å². The van der Waals surface area contributed by atoms with Crippen molar-refractivity contribution in [3.8, 4) is 11.1 Å². The van der Waals surface area contributed by atoms with Crippen molar-refractivity contribution in [2.75, 3.05) is 0 Å². The Balaban J connectivity index is 0.00000118. The zero-order chi connectivity index (χ0) is 28.6. The summed E-state index contributed by atoms with van der Waals surface area (Å²) in [7, 11) is 0. The van der Waals surface area contributed by atoms with Gasteiger partial charge in [-0.15, -0.1) is 0 Å². The maximum absolute atomic E-state index is 13.1. The van der Waals surface area contributed by atoms with Gasteiger partial charge in [0.1, 0.15) is 0 Å². The molecule has 0 bridgehead atoms. The molecule has 6 heteroatoms. The van der Waals surface area contributed by atoms with Crippen molar-refractivity contribution in [1.29, 1.82) is 0 Å². The highest BCUT2D eigenvalue weighted by atomic mass is 16.2. The molecule has 1 amide bonds. The first-order chi connectivity index (χ1) is 19.3. The number of aromatic nitrogens is 2. The van der Waals surface area contributed by atoms with Crippen LogP contribution in [0.1, 0.15) is 65.5 Å². The van der Waals surface area contributed by atoms with Gasteiger partial charge in [0.2, 0.25) is 0 Å². The van der Waals surface area contributed by atoms with Crippen LogP contribution in [-0.4, -0.2) is 21.8 Å². The van der Waals surface area contributed by atoms with Gasteiger partial charge < -0.3 is 5.32 Å². The molecule has 0 aliphatic carbocycles. The first kappa shape index (κ1) is 28.2. The molecule has 5 aromatic rings. The fraction of sp³-hybridized carbons (Fsp3) is 0.206. The first-order valence-electron chi connectivity index (χ1n) is 13.3. The van der Waals surface area contributed by atoms with Crippen LogP contribution >= 0.6 is 0 Å². The summed E-state index contributed by atoms with van der Waals surface area (Å²) in [6.45, 7) is 9.06. The van der Waals surface area contributed by atoms with Crippen LogP contribution in [0.2, 0.25) is 0 Å². The highest BCUT2D eigenvalue weighted by Gasteiger charge is 2.15. The predicted molar refractivity (Wildman–Crippen MR) is 157 cm³/mol. The second-order valence-corrected chi connectivity index (χ2v) is 10.1. The monoisotopic (exact) mass is 531 g/mol. The van der Waals surface area contributed by atoms with Crippen molar-refractivity contribution in [3.05, 3.63) is 125 Å². The number of fused-ring (bicyclic) bond motifs is 1. The van der Waals surface area contributed by atoms with Crippen LogP contribution in [0, 0.1) is 6.92 Å². The van der Waals surface area contributed by atoms with Gasteiger partial charge in [0, 0.05) is 10.9 Å². The maximum atomic E-state index is 13.1. The summed E-state index contributed by atoms with van der Waals surface area (Å²) >= 11 is 0. The standard InChI is InChI=1S/C33H33N3O.CO2/c1-22(2)28-11-8-12-29(19-28)23(3)34-33(37)30-17-18-32-31(20-30)24(4)35-36(32)21-25-13-15-27(16-14-25)26-9-6-5-7-10-26;2-1-3/h5-20,22-23H,21H2,1-4H3,(H,34,37);/t23-;/m0./s1. The fourth-order valence-electron chi connectivity index (χ4n) is 4.76. The molecule has 0 spiro atoms. The number of nitrogens with one attached hydrogen (secondary N) is 1. The molecule has 1 atom stereocenters. The third kappa shape index (κ3) is 6.60. The minimum atomic E-state index is -0.0791. The van der Waals surface area contributed by atoms with E-state index in [0.717, 1.165) is 22.2 Å².